The first-order valence-corrected chi connectivity index (χ1v) is 12.0. The summed E-state index contributed by atoms with van der Waals surface area (Å²) in [6.07, 6.45) is 12.7. The van der Waals surface area contributed by atoms with Crippen LogP contribution in [0, 0.1) is 0 Å². The molecule has 3 aliphatic rings. The van der Waals surface area contributed by atoms with Crippen molar-refractivity contribution >= 4 is 11.8 Å². The van der Waals surface area contributed by atoms with Crippen molar-refractivity contribution in [2.45, 2.75) is 95.3 Å². The second-order valence-electron chi connectivity index (χ2n) is 9.72. The summed E-state index contributed by atoms with van der Waals surface area (Å²) < 4.78 is 7.61. The van der Waals surface area contributed by atoms with Crippen LogP contribution < -0.4 is 5.32 Å². The highest BCUT2D eigenvalue weighted by Crippen LogP contribution is 2.38. The fourth-order valence-corrected chi connectivity index (χ4v) is 5.87. The molecule has 1 unspecified atom stereocenters. The Morgan fingerprint density at radius 2 is 1.68 bits per heavy atom. The Labute approximate surface area is 184 Å². The molecule has 0 spiro atoms. The molecule has 2 aromatic rings. The van der Waals surface area contributed by atoms with Gasteiger partial charge in [-0.15, -0.1) is 0 Å². The van der Waals surface area contributed by atoms with Gasteiger partial charge in [-0.1, -0.05) is 38.5 Å². The maximum atomic E-state index is 13.8. The smallest absolute Gasteiger partial charge is 0.271 e. The van der Waals surface area contributed by atoms with Crippen LogP contribution in [-0.4, -0.2) is 38.9 Å². The lowest BCUT2D eigenvalue weighted by Gasteiger charge is -2.47. The number of rotatable bonds is 4. The summed E-state index contributed by atoms with van der Waals surface area (Å²) in [6.45, 7) is 2.41. The van der Waals surface area contributed by atoms with Gasteiger partial charge in [-0.2, -0.15) is 0 Å². The standard InChI is InChI=1S/C25H33N3O3/c1-25(24(30)26-18-9-4-2-3-5-10-18)17-27-20(22-13-8-16-31-22)14-15-21(27)23(29)28(25)19-11-6-7-12-19/h8,13-16,18-19H,2-7,9-12,17H2,1H3,(H,26,30). The van der Waals surface area contributed by atoms with Crippen LogP contribution >= 0.6 is 0 Å². The lowest BCUT2D eigenvalue weighted by Crippen LogP contribution is -2.67. The molecule has 0 aromatic carbocycles. The van der Waals surface area contributed by atoms with E-state index in [-0.39, 0.29) is 23.9 Å². The van der Waals surface area contributed by atoms with Crippen molar-refractivity contribution < 1.29 is 14.0 Å². The number of carbonyl (C=O) groups is 2. The van der Waals surface area contributed by atoms with Crippen LogP contribution in [0.5, 0.6) is 0 Å². The number of carbonyl (C=O) groups excluding carboxylic acids is 2. The van der Waals surface area contributed by atoms with Crippen molar-refractivity contribution in [3.8, 4) is 11.5 Å². The fourth-order valence-electron chi connectivity index (χ4n) is 5.87. The number of aromatic nitrogens is 1. The van der Waals surface area contributed by atoms with Gasteiger partial charge in [-0.25, -0.2) is 0 Å². The highest BCUT2D eigenvalue weighted by molar-refractivity contribution is 6.00. The number of hydrogen-bond donors (Lipinski definition) is 1. The third-order valence-corrected chi connectivity index (χ3v) is 7.56. The maximum absolute atomic E-state index is 13.8. The summed E-state index contributed by atoms with van der Waals surface area (Å²) in [5.74, 6) is 0.679. The minimum absolute atomic E-state index is 0.00982. The molecule has 166 valence electrons. The molecule has 1 atom stereocenters. The largest absolute Gasteiger partial charge is 0.463 e. The highest BCUT2D eigenvalue weighted by Gasteiger charge is 2.51. The third-order valence-electron chi connectivity index (χ3n) is 7.56. The van der Waals surface area contributed by atoms with Crippen molar-refractivity contribution in [3.05, 3.63) is 36.2 Å². The molecule has 2 amide bonds. The number of hydrogen-bond acceptors (Lipinski definition) is 3. The van der Waals surface area contributed by atoms with E-state index in [1.807, 2.05) is 40.7 Å². The van der Waals surface area contributed by atoms with Gasteiger partial charge in [0.05, 0.1) is 18.5 Å². The topological polar surface area (TPSA) is 67.5 Å². The van der Waals surface area contributed by atoms with E-state index in [1.54, 1.807) is 6.26 Å². The Balaban J connectivity index is 1.51. The molecule has 6 heteroatoms. The van der Waals surface area contributed by atoms with E-state index in [2.05, 4.69) is 5.32 Å². The zero-order valence-corrected chi connectivity index (χ0v) is 18.4. The van der Waals surface area contributed by atoms with Crippen molar-refractivity contribution in [1.82, 2.24) is 14.8 Å². The van der Waals surface area contributed by atoms with E-state index in [4.69, 9.17) is 4.42 Å². The van der Waals surface area contributed by atoms with Crippen LogP contribution in [0.1, 0.15) is 81.6 Å². The van der Waals surface area contributed by atoms with Crippen LogP contribution in [0.3, 0.4) is 0 Å². The monoisotopic (exact) mass is 423 g/mol. The zero-order valence-electron chi connectivity index (χ0n) is 18.4. The SMILES string of the molecule is CC1(C(=O)NC2CCCCCC2)Cn2c(ccc2-c2ccco2)C(=O)N1C1CCCC1. The van der Waals surface area contributed by atoms with Crippen molar-refractivity contribution in [1.29, 1.82) is 0 Å². The second-order valence-corrected chi connectivity index (χ2v) is 9.72. The second kappa shape index (κ2) is 8.21. The normalized spacial score (nSPS) is 25.5. The van der Waals surface area contributed by atoms with Gasteiger partial charge < -0.3 is 19.2 Å². The number of nitrogens with zero attached hydrogens (tertiary/aromatic N) is 2. The third kappa shape index (κ3) is 3.60. The predicted molar refractivity (Wildman–Crippen MR) is 119 cm³/mol. The van der Waals surface area contributed by atoms with Crippen molar-refractivity contribution in [2.24, 2.45) is 0 Å². The Hall–Kier alpha value is -2.50. The molecule has 2 saturated carbocycles. The first kappa shape index (κ1) is 20.4. The number of furan rings is 1. The molecule has 0 saturated heterocycles. The molecular weight excluding hydrogens is 390 g/mol. The van der Waals surface area contributed by atoms with Gasteiger partial charge in [-0.3, -0.25) is 9.59 Å². The molecule has 0 radical (unpaired) electrons. The molecule has 3 heterocycles. The van der Waals surface area contributed by atoms with E-state index in [0.29, 0.717) is 12.2 Å². The van der Waals surface area contributed by atoms with Gasteiger partial charge in [-0.05, 0) is 56.9 Å². The van der Waals surface area contributed by atoms with Gasteiger partial charge >= 0.3 is 0 Å². The summed E-state index contributed by atoms with van der Waals surface area (Å²) in [7, 11) is 0. The first-order chi connectivity index (χ1) is 15.1. The number of amides is 2. The minimum atomic E-state index is -0.911. The summed E-state index contributed by atoms with van der Waals surface area (Å²) in [5, 5.41) is 3.35. The van der Waals surface area contributed by atoms with E-state index < -0.39 is 5.54 Å². The van der Waals surface area contributed by atoms with Crippen LogP contribution in [-0.2, 0) is 11.3 Å². The average molecular weight is 424 g/mol. The maximum Gasteiger partial charge on any atom is 0.271 e. The molecule has 1 aliphatic heterocycles. The van der Waals surface area contributed by atoms with Gasteiger partial charge in [0, 0.05) is 12.1 Å². The van der Waals surface area contributed by atoms with E-state index in [9.17, 15) is 9.59 Å². The summed E-state index contributed by atoms with van der Waals surface area (Å²) in [4.78, 5) is 29.5. The quantitative estimate of drug-likeness (QED) is 0.722. The summed E-state index contributed by atoms with van der Waals surface area (Å²) >= 11 is 0. The Morgan fingerprint density at radius 1 is 1.00 bits per heavy atom. The van der Waals surface area contributed by atoms with Crippen LogP contribution in [0.4, 0.5) is 0 Å². The van der Waals surface area contributed by atoms with E-state index >= 15 is 0 Å². The van der Waals surface area contributed by atoms with Gasteiger partial charge in [0.1, 0.15) is 17.0 Å². The molecule has 5 rings (SSSR count). The van der Waals surface area contributed by atoms with Crippen LogP contribution in [0.2, 0.25) is 0 Å². The van der Waals surface area contributed by atoms with Gasteiger partial charge in [0.15, 0.2) is 0 Å². The Morgan fingerprint density at radius 3 is 2.35 bits per heavy atom. The zero-order chi connectivity index (χ0) is 21.4. The van der Waals surface area contributed by atoms with Gasteiger partial charge in [0.2, 0.25) is 5.91 Å². The number of fused-ring (bicyclic) bond motifs is 1. The van der Waals surface area contributed by atoms with Crippen molar-refractivity contribution in [2.75, 3.05) is 0 Å². The lowest BCUT2D eigenvalue weighted by atomic mass is 9.91. The molecular formula is C25H33N3O3. The van der Waals surface area contributed by atoms with Crippen LogP contribution in [0.25, 0.3) is 11.5 Å². The molecule has 2 fully saturated rings. The minimum Gasteiger partial charge on any atom is -0.463 e. The molecule has 6 nitrogen and oxygen atoms in total. The molecule has 31 heavy (non-hydrogen) atoms. The van der Waals surface area contributed by atoms with Crippen molar-refractivity contribution in [3.63, 3.8) is 0 Å². The Kier molecular flexibility index (Phi) is 5.40. The van der Waals surface area contributed by atoms with E-state index in [0.717, 1.165) is 62.8 Å². The molecule has 1 N–H and O–H groups in total. The van der Waals surface area contributed by atoms with Crippen LogP contribution in [0.15, 0.2) is 34.9 Å². The molecule has 0 bridgehead atoms. The summed E-state index contributed by atoms with van der Waals surface area (Å²) in [5.41, 5.74) is 0.595. The van der Waals surface area contributed by atoms with Gasteiger partial charge in [0.25, 0.3) is 5.91 Å². The van der Waals surface area contributed by atoms with E-state index in [1.165, 1.54) is 12.8 Å². The molecule has 2 aromatic heterocycles. The first-order valence-electron chi connectivity index (χ1n) is 12.0. The Bertz CT molecular complexity index is 933. The summed E-state index contributed by atoms with van der Waals surface area (Å²) in [6, 6.07) is 7.91. The lowest BCUT2D eigenvalue weighted by molar-refractivity contribution is -0.135. The highest BCUT2D eigenvalue weighted by atomic mass is 16.3. The predicted octanol–water partition coefficient (Wildman–Crippen LogP) is 4.74. The molecule has 2 aliphatic carbocycles. The number of nitrogens with one attached hydrogen (secondary N) is 1. The fraction of sp³-hybridized carbons (Fsp3) is 0.600. The average Bonchev–Trinajstić information content (AvgIpc) is 3.49.